The monoisotopic (exact) mass is 446 g/mol. The van der Waals surface area contributed by atoms with Crippen LogP contribution in [0.15, 0.2) is 91.5 Å². The molecular weight excluding hydrogens is 428 g/mol. The number of nitriles is 1. The number of ether oxygens (including phenoxy) is 2. The quantitative estimate of drug-likeness (QED) is 0.314. The zero-order valence-electron chi connectivity index (χ0n) is 17.8. The number of rotatable bonds is 6. The van der Waals surface area contributed by atoms with Crippen LogP contribution in [0, 0.1) is 11.3 Å². The van der Waals surface area contributed by atoms with Crippen molar-refractivity contribution in [3.05, 3.63) is 97.1 Å². The predicted molar refractivity (Wildman–Crippen MR) is 129 cm³/mol. The molecule has 3 N–H and O–H groups in total. The molecule has 0 fully saturated rings. The summed E-state index contributed by atoms with van der Waals surface area (Å²) in [5.41, 5.74) is 8.94. The van der Waals surface area contributed by atoms with Crippen molar-refractivity contribution in [2.45, 2.75) is 0 Å². The molecule has 0 bridgehead atoms. The van der Waals surface area contributed by atoms with Gasteiger partial charge in [-0.15, -0.1) is 0 Å². The van der Waals surface area contributed by atoms with E-state index in [1.165, 1.54) is 6.20 Å². The van der Waals surface area contributed by atoms with Crippen molar-refractivity contribution in [2.75, 3.05) is 11.1 Å². The normalized spacial score (nSPS) is 10.4. The van der Waals surface area contributed by atoms with Gasteiger partial charge in [-0.1, -0.05) is 18.2 Å². The third kappa shape index (κ3) is 4.40. The third-order valence-corrected chi connectivity index (χ3v) is 4.97. The molecule has 0 aliphatic heterocycles. The molecule has 3 heterocycles. The first-order valence-corrected chi connectivity index (χ1v) is 10.4. The molecule has 0 radical (unpaired) electrons. The van der Waals surface area contributed by atoms with Crippen molar-refractivity contribution in [1.82, 2.24) is 15.0 Å². The smallest absolute Gasteiger partial charge is 0.219 e. The predicted octanol–water partition coefficient (Wildman–Crippen LogP) is 5.81. The summed E-state index contributed by atoms with van der Waals surface area (Å²) in [5, 5.41) is 13.6. The lowest BCUT2D eigenvalue weighted by molar-refractivity contribution is 0.463. The molecule has 0 aliphatic carbocycles. The van der Waals surface area contributed by atoms with Crippen LogP contribution in [0.5, 0.6) is 23.1 Å². The van der Waals surface area contributed by atoms with Gasteiger partial charge in [0.05, 0.1) is 34.3 Å². The summed E-state index contributed by atoms with van der Waals surface area (Å²) in [4.78, 5) is 12.7. The maximum atomic E-state index is 9.66. The number of nitrogens with one attached hydrogen (secondary N) is 1. The Hall–Kier alpha value is -5.16. The van der Waals surface area contributed by atoms with Crippen molar-refractivity contribution >= 4 is 28.0 Å². The number of nitrogen functional groups attached to an aromatic ring is 1. The molecule has 164 valence electrons. The lowest BCUT2D eigenvalue weighted by Gasteiger charge is -2.14. The Labute approximate surface area is 195 Å². The highest BCUT2D eigenvalue weighted by atomic mass is 16.5. The topological polar surface area (TPSA) is 119 Å². The van der Waals surface area contributed by atoms with Crippen LogP contribution in [0.4, 0.5) is 17.1 Å². The molecule has 0 unspecified atom stereocenters. The molecule has 5 aromatic rings. The van der Waals surface area contributed by atoms with Crippen LogP contribution in [0.1, 0.15) is 5.56 Å². The minimum Gasteiger partial charge on any atom is -0.455 e. The van der Waals surface area contributed by atoms with Crippen molar-refractivity contribution in [3.63, 3.8) is 0 Å². The summed E-state index contributed by atoms with van der Waals surface area (Å²) < 4.78 is 11.6. The molecule has 34 heavy (non-hydrogen) atoms. The fourth-order valence-electron chi connectivity index (χ4n) is 3.35. The molecule has 2 aromatic carbocycles. The standard InChI is InChI=1S/C26H18N6O2/c27-14-17-15-30-23-13-24(33-20-8-10-29-11-9-20)22(28)12-21(23)26(17)32-18-6-7-25(31-16-18)34-19-4-2-1-3-5-19/h1-13,15-16H,28H2,(H,30,32). The first kappa shape index (κ1) is 20.7. The second-order valence-electron chi connectivity index (χ2n) is 7.28. The molecule has 8 nitrogen and oxygen atoms in total. The van der Waals surface area contributed by atoms with Crippen LogP contribution in [0.3, 0.4) is 0 Å². The van der Waals surface area contributed by atoms with E-state index < -0.39 is 0 Å². The number of nitrogens with two attached hydrogens (primary N) is 1. The third-order valence-electron chi connectivity index (χ3n) is 4.97. The number of pyridine rings is 3. The summed E-state index contributed by atoms with van der Waals surface area (Å²) in [6.45, 7) is 0. The first-order chi connectivity index (χ1) is 16.7. The number of hydrogen-bond acceptors (Lipinski definition) is 8. The maximum absolute atomic E-state index is 9.66. The number of hydrogen-bond donors (Lipinski definition) is 2. The highest BCUT2D eigenvalue weighted by Crippen LogP contribution is 2.36. The lowest BCUT2D eigenvalue weighted by atomic mass is 10.1. The number of anilines is 3. The number of benzene rings is 2. The van der Waals surface area contributed by atoms with Crippen LogP contribution < -0.4 is 20.5 Å². The van der Waals surface area contributed by atoms with Gasteiger partial charge in [-0.05, 0) is 36.4 Å². The zero-order valence-corrected chi connectivity index (χ0v) is 17.8. The van der Waals surface area contributed by atoms with Gasteiger partial charge >= 0.3 is 0 Å². The zero-order chi connectivity index (χ0) is 23.3. The van der Waals surface area contributed by atoms with Gasteiger partial charge in [0.1, 0.15) is 17.6 Å². The largest absolute Gasteiger partial charge is 0.455 e. The summed E-state index contributed by atoms with van der Waals surface area (Å²) in [6, 6.07) is 22.1. The summed E-state index contributed by atoms with van der Waals surface area (Å²) >= 11 is 0. The van der Waals surface area contributed by atoms with E-state index in [9.17, 15) is 5.26 Å². The molecule has 0 spiro atoms. The van der Waals surface area contributed by atoms with Crippen molar-refractivity contribution < 1.29 is 9.47 Å². The van der Waals surface area contributed by atoms with Gasteiger partial charge in [0.15, 0.2) is 5.75 Å². The summed E-state index contributed by atoms with van der Waals surface area (Å²) in [6.07, 6.45) is 6.42. The van der Waals surface area contributed by atoms with E-state index in [2.05, 4.69) is 26.3 Å². The molecule has 5 rings (SSSR count). The van der Waals surface area contributed by atoms with Crippen molar-refractivity contribution in [3.8, 4) is 29.2 Å². The van der Waals surface area contributed by atoms with E-state index in [1.807, 2.05) is 36.4 Å². The first-order valence-electron chi connectivity index (χ1n) is 10.4. The molecule has 0 aliphatic rings. The van der Waals surface area contributed by atoms with E-state index in [4.69, 9.17) is 15.2 Å². The minimum absolute atomic E-state index is 0.374. The highest BCUT2D eigenvalue weighted by Gasteiger charge is 2.14. The van der Waals surface area contributed by atoms with Crippen LogP contribution in [0.25, 0.3) is 10.9 Å². The van der Waals surface area contributed by atoms with Crippen LogP contribution >= 0.6 is 0 Å². The van der Waals surface area contributed by atoms with Gasteiger partial charge in [0.25, 0.3) is 0 Å². The van der Waals surface area contributed by atoms with E-state index in [0.717, 1.165) is 0 Å². The van der Waals surface area contributed by atoms with E-state index in [1.54, 1.807) is 48.9 Å². The molecular formula is C26H18N6O2. The number of fused-ring (bicyclic) bond motifs is 1. The fraction of sp³-hybridized carbons (Fsp3) is 0. The number of nitrogens with zero attached hydrogens (tertiary/aromatic N) is 4. The molecule has 0 amide bonds. The number of aromatic nitrogens is 3. The van der Waals surface area contributed by atoms with E-state index in [0.29, 0.717) is 56.7 Å². The average Bonchev–Trinajstić information content (AvgIpc) is 2.87. The Morgan fingerprint density at radius 3 is 2.38 bits per heavy atom. The van der Waals surface area contributed by atoms with Gasteiger partial charge in [-0.2, -0.15) is 5.26 Å². The van der Waals surface area contributed by atoms with Crippen molar-refractivity contribution in [1.29, 1.82) is 5.26 Å². The highest BCUT2D eigenvalue weighted by molar-refractivity contribution is 5.98. The van der Waals surface area contributed by atoms with E-state index in [-0.39, 0.29) is 0 Å². The van der Waals surface area contributed by atoms with Crippen LogP contribution in [-0.2, 0) is 0 Å². The molecule has 0 saturated heterocycles. The van der Waals surface area contributed by atoms with Gasteiger partial charge in [-0.3, -0.25) is 9.97 Å². The Kier molecular flexibility index (Phi) is 5.57. The summed E-state index contributed by atoms with van der Waals surface area (Å²) in [5.74, 6) is 2.23. The van der Waals surface area contributed by atoms with E-state index >= 15 is 0 Å². The van der Waals surface area contributed by atoms with Crippen LogP contribution in [-0.4, -0.2) is 15.0 Å². The Morgan fingerprint density at radius 1 is 0.853 bits per heavy atom. The van der Waals surface area contributed by atoms with Gasteiger partial charge in [0.2, 0.25) is 5.88 Å². The molecule has 0 saturated carbocycles. The number of para-hydroxylation sites is 1. The lowest BCUT2D eigenvalue weighted by Crippen LogP contribution is -2.00. The summed E-state index contributed by atoms with van der Waals surface area (Å²) in [7, 11) is 0. The fourth-order valence-corrected chi connectivity index (χ4v) is 3.35. The Morgan fingerprint density at radius 2 is 1.65 bits per heavy atom. The SMILES string of the molecule is N#Cc1cnc2cc(Oc3ccncc3)c(N)cc2c1Nc1ccc(Oc2ccccc2)nc1. The van der Waals surface area contributed by atoms with Crippen molar-refractivity contribution in [2.24, 2.45) is 0 Å². The minimum atomic E-state index is 0.374. The average molecular weight is 446 g/mol. The molecule has 8 heteroatoms. The molecule has 3 aromatic heterocycles. The molecule has 0 atom stereocenters. The Bertz CT molecular complexity index is 1480. The van der Waals surface area contributed by atoms with Crippen LogP contribution in [0.2, 0.25) is 0 Å². The van der Waals surface area contributed by atoms with Gasteiger partial charge < -0.3 is 20.5 Å². The maximum Gasteiger partial charge on any atom is 0.219 e. The van der Waals surface area contributed by atoms with Gasteiger partial charge in [0, 0.05) is 36.1 Å². The van der Waals surface area contributed by atoms with Gasteiger partial charge in [-0.25, -0.2) is 4.98 Å². The Balaban J connectivity index is 1.45. The second kappa shape index (κ2) is 9.14. The second-order valence-corrected chi connectivity index (χ2v) is 7.28.